The molecule has 0 amide bonds. The summed E-state index contributed by atoms with van der Waals surface area (Å²) >= 11 is 3.36. The smallest absolute Gasteiger partial charge is 0.316 e. The van der Waals surface area contributed by atoms with Crippen LogP contribution in [-0.2, 0) is 20.9 Å². The molecule has 2 N–H and O–H groups in total. The summed E-state index contributed by atoms with van der Waals surface area (Å²) in [7, 11) is 3.03. The molecular weight excluding hydrogens is 502 g/mol. The number of ether oxygens (including phenoxy) is 3. The Morgan fingerprint density at radius 2 is 1.91 bits per heavy atom. The number of aromatic hydroxyl groups is 1. The molecule has 2 atom stereocenters. The predicted molar refractivity (Wildman–Crippen MR) is 130 cm³/mol. The molecule has 1 aliphatic heterocycles. The van der Waals surface area contributed by atoms with E-state index in [9.17, 15) is 14.7 Å². The van der Waals surface area contributed by atoms with Gasteiger partial charge in [-0.05, 0) is 64.2 Å². The molecule has 0 radical (unpaired) electrons. The van der Waals surface area contributed by atoms with Crippen molar-refractivity contribution >= 4 is 27.7 Å². The number of phenolic OH excluding ortho intramolecular Hbond substituents is 1. The fourth-order valence-corrected chi connectivity index (χ4v) is 4.99. The number of benzene rings is 2. The van der Waals surface area contributed by atoms with E-state index in [4.69, 9.17) is 14.2 Å². The zero-order chi connectivity index (χ0) is 24.4. The lowest BCUT2D eigenvalue weighted by atomic mass is 9.71. The van der Waals surface area contributed by atoms with Crippen LogP contribution in [0.25, 0.3) is 0 Å². The molecular formula is C26H26BrNO6. The zero-order valence-electron chi connectivity index (χ0n) is 19.0. The Kier molecular flexibility index (Phi) is 6.97. The molecule has 4 rings (SSSR count). The largest absolute Gasteiger partial charge is 0.503 e. The third kappa shape index (κ3) is 4.55. The molecule has 0 bridgehead atoms. The highest BCUT2D eigenvalue weighted by molar-refractivity contribution is 9.10. The first-order valence-electron chi connectivity index (χ1n) is 10.9. The summed E-state index contributed by atoms with van der Waals surface area (Å²) in [4.78, 5) is 26.5. The van der Waals surface area contributed by atoms with Crippen LogP contribution >= 0.6 is 15.9 Å². The topological polar surface area (TPSA) is 94.1 Å². The standard InChI is InChI=1S/C26H26BrNO6/c1-14-22(26(31)34-13-15-7-9-17(32-2)10-8-15)23(24-19(28-14)5-4-6-20(24)29)16-11-18(27)25(30)21(12-16)33-3/h7-12,22-23,28,30H,1,4-6,13H2,2-3H3. The van der Waals surface area contributed by atoms with Gasteiger partial charge in [0, 0.05) is 29.3 Å². The molecule has 1 heterocycles. The van der Waals surface area contributed by atoms with E-state index in [2.05, 4.69) is 27.8 Å². The average Bonchev–Trinajstić information content (AvgIpc) is 2.83. The predicted octanol–water partition coefficient (Wildman–Crippen LogP) is 4.74. The molecule has 1 aliphatic carbocycles. The number of nitrogens with one attached hydrogen (secondary N) is 1. The Balaban J connectivity index is 1.71. The summed E-state index contributed by atoms with van der Waals surface area (Å²) < 4.78 is 16.6. The van der Waals surface area contributed by atoms with Crippen molar-refractivity contribution in [3.63, 3.8) is 0 Å². The molecule has 7 nitrogen and oxygen atoms in total. The van der Waals surface area contributed by atoms with E-state index in [1.807, 2.05) is 12.1 Å². The van der Waals surface area contributed by atoms with Gasteiger partial charge in [0.25, 0.3) is 0 Å². The van der Waals surface area contributed by atoms with Crippen molar-refractivity contribution < 1.29 is 28.9 Å². The number of Topliss-reactive ketones (excluding diaryl/α,β-unsaturated/α-hetero) is 1. The van der Waals surface area contributed by atoms with E-state index >= 15 is 0 Å². The van der Waals surface area contributed by atoms with Crippen LogP contribution in [0.1, 0.15) is 36.3 Å². The molecule has 0 fully saturated rings. The molecule has 178 valence electrons. The molecule has 0 saturated heterocycles. The van der Waals surface area contributed by atoms with Crippen LogP contribution in [-0.4, -0.2) is 31.1 Å². The van der Waals surface area contributed by atoms with Crippen molar-refractivity contribution in [3.8, 4) is 17.2 Å². The number of hydrogen-bond donors (Lipinski definition) is 2. The molecule has 2 aromatic carbocycles. The molecule has 0 aromatic heterocycles. The fourth-order valence-electron chi connectivity index (χ4n) is 4.53. The Labute approximate surface area is 206 Å². The summed E-state index contributed by atoms with van der Waals surface area (Å²) in [6.45, 7) is 4.17. The highest BCUT2D eigenvalue weighted by atomic mass is 79.9. The first-order chi connectivity index (χ1) is 16.3. The van der Waals surface area contributed by atoms with Crippen LogP contribution in [0.15, 0.2) is 64.4 Å². The maximum Gasteiger partial charge on any atom is 0.316 e. The van der Waals surface area contributed by atoms with Crippen molar-refractivity contribution in [2.75, 3.05) is 14.2 Å². The van der Waals surface area contributed by atoms with Crippen molar-refractivity contribution in [3.05, 3.63) is 75.5 Å². The van der Waals surface area contributed by atoms with Gasteiger partial charge < -0.3 is 24.6 Å². The molecule has 2 aromatic rings. The fraction of sp³-hybridized carbons (Fsp3) is 0.308. The molecule has 0 spiro atoms. The zero-order valence-corrected chi connectivity index (χ0v) is 20.6. The Hall–Kier alpha value is -3.26. The average molecular weight is 528 g/mol. The number of carbonyl (C=O) groups excluding carboxylic acids is 2. The number of phenols is 1. The SMILES string of the molecule is C=C1NC2=C(C(=O)CCC2)C(c2cc(Br)c(O)c(OC)c2)C1C(=O)OCc1ccc(OC)cc1. The van der Waals surface area contributed by atoms with Gasteiger partial charge in [0.2, 0.25) is 0 Å². The van der Waals surface area contributed by atoms with Crippen LogP contribution in [0, 0.1) is 5.92 Å². The van der Waals surface area contributed by atoms with Crippen LogP contribution in [0.2, 0.25) is 0 Å². The molecule has 2 aliphatic rings. The number of allylic oxidation sites excluding steroid dienone is 2. The second-order valence-corrected chi connectivity index (χ2v) is 9.14. The normalized spacial score (nSPS) is 19.9. The second kappa shape index (κ2) is 9.93. The lowest BCUT2D eigenvalue weighted by Gasteiger charge is -2.38. The maximum atomic E-state index is 13.4. The van der Waals surface area contributed by atoms with Gasteiger partial charge in [0.05, 0.1) is 18.7 Å². The minimum absolute atomic E-state index is 0.0117. The van der Waals surface area contributed by atoms with Crippen LogP contribution < -0.4 is 14.8 Å². The van der Waals surface area contributed by atoms with Crippen molar-refractivity contribution in [1.29, 1.82) is 0 Å². The van der Waals surface area contributed by atoms with Gasteiger partial charge in [-0.3, -0.25) is 9.59 Å². The number of hydrogen-bond acceptors (Lipinski definition) is 7. The van der Waals surface area contributed by atoms with Gasteiger partial charge in [-0.25, -0.2) is 0 Å². The lowest BCUT2D eigenvalue weighted by Crippen LogP contribution is -2.41. The van der Waals surface area contributed by atoms with Gasteiger partial charge in [-0.1, -0.05) is 18.7 Å². The van der Waals surface area contributed by atoms with E-state index in [0.29, 0.717) is 39.9 Å². The van der Waals surface area contributed by atoms with E-state index in [-0.39, 0.29) is 23.9 Å². The highest BCUT2D eigenvalue weighted by Crippen LogP contribution is 2.47. The third-order valence-electron chi connectivity index (χ3n) is 6.21. The first kappa shape index (κ1) is 23.9. The minimum atomic E-state index is -0.833. The van der Waals surface area contributed by atoms with Crippen LogP contribution in [0.5, 0.6) is 17.2 Å². The number of ketones is 1. The van der Waals surface area contributed by atoms with Crippen LogP contribution in [0.4, 0.5) is 0 Å². The highest BCUT2D eigenvalue weighted by Gasteiger charge is 2.44. The minimum Gasteiger partial charge on any atom is -0.503 e. The summed E-state index contributed by atoms with van der Waals surface area (Å²) in [5, 5.41) is 13.5. The summed E-state index contributed by atoms with van der Waals surface area (Å²) in [5.41, 5.74) is 3.28. The van der Waals surface area contributed by atoms with E-state index in [1.165, 1.54) is 7.11 Å². The lowest BCUT2D eigenvalue weighted by molar-refractivity contribution is -0.149. The number of esters is 1. The number of halogens is 1. The number of carbonyl (C=O) groups is 2. The van der Waals surface area contributed by atoms with Gasteiger partial charge in [-0.2, -0.15) is 0 Å². The molecule has 34 heavy (non-hydrogen) atoms. The van der Waals surface area contributed by atoms with E-state index in [0.717, 1.165) is 17.7 Å². The third-order valence-corrected chi connectivity index (χ3v) is 6.82. The maximum absolute atomic E-state index is 13.4. The van der Waals surface area contributed by atoms with Gasteiger partial charge >= 0.3 is 5.97 Å². The summed E-state index contributed by atoms with van der Waals surface area (Å²) in [6.07, 6.45) is 1.84. The number of methoxy groups -OCH3 is 2. The van der Waals surface area contributed by atoms with E-state index in [1.54, 1.807) is 31.4 Å². The van der Waals surface area contributed by atoms with Crippen molar-refractivity contribution in [1.82, 2.24) is 5.32 Å². The Bertz CT molecular complexity index is 1170. The van der Waals surface area contributed by atoms with Gasteiger partial charge in [-0.15, -0.1) is 0 Å². The Morgan fingerprint density at radius 3 is 2.59 bits per heavy atom. The molecule has 2 unspecified atom stereocenters. The van der Waals surface area contributed by atoms with Crippen molar-refractivity contribution in [2.24, 2.45) is 5.92 Å². The van der Waals surface area contributed by atoms with Crippen molar-refractivity contribution in [2.45, 2.75) is 31.8 Å². The van der Waals surface area contributed by atoms with Crippen LogP contribution in [0.3, 0.4) is 0 Å². The quantitative estimate of drug-likeness (QED) is 0.524. The Morgan fingerprint density at radius 1 is 1.18 bits per heavy atom. The van der Waals surface area contributed by atoms with Gasteiger partial charge in [0.1, 0.15) is 18.3 Å². The second-order valence-electron chi connectivity index (χ2n) is 8.28. The summed E-state index contributed by atoms with van der Waals surface area (Å²) in [6, 6.07) is 10.6. The number of rotatable bonds is 6. The van der Waals surface area contributed by atoms with E-state index < -0.39 is 17.8 Å². The summed E-state index contributed by atoms with van der Waals surface area (Å²) in [5.74, 6) is -1.06. The molecule has 8 heteroatoms. The van der Waals surface area contributed by atoms with Gasteiger partial charge in [0.15, 0.2) is 17.3 Å². The molecule has 0 saturated carbocycles. The first-order valence-corrected chi connectivity index (χ1v) is 11.7. The monoisotopic (exact) mass is 527 g/mol.